The van der Waals surface area contributed by atoms with Crippen LogP contribution < -0.4 is 4.90 Å². The van der Waals surface area contributed by atoms with Crippen LogP contribution in [0.5, 0.6) is 0 Å². The number of benzene rings is 9. The van der Waals surface area contributed by atoms with Gasteiger partial charge < -0.3 is 13.7 Å². The highest BCUT2D eigenvalue weighted by molar-refractivity contribution is 6.16. The number of nitrogens with zero attached hydrogens (tertiary/aromatic N) is 1. The second-order valence-electron chi connectivity index (χ2n) is 13.8. The predicted molar refractivity (Wildman–Crippen MR) is 229 cm³/mol. The van der Waals surface area contributed by atoms with E-state index in [0.29, 0.717) is 22.5 Å². The van der Waals surface area contributed by atoms with Crippen molar-refractivity contribution in [2.75, 3.05) is 4.90 Å². The molecule has 0 N–H and O–H groups in total. The van der Waals surface area contributed by atoms with Crippen LogP contribution in [0.4, 0.5) is 17.1 Å². The Morgan fingerprint density at radius 3 is 1.84 bits per heavy atom. The molecule has 2 heterocycles. The third-order valence-electron chi connectivity index (χ3n) is 10.5. The zero-order valence-corrected chi connectivity index (χ0v) is 29.5. The first kappa shape index (κ1) is 27.3. The largest absolute Gasteiger partial charge is 0.456 e. The molecular formula is C52H33NO2. The molecular weight excluding hydrogens is 671 g/mol. The lowest BCUT2D eigenvalue weighted by molar-refractivity contribution is 0.669. The lowest BCUT2D eigenvalue weighted by Crippen LogP contribution is -2.11. The Balaban J connectivity index is 1.14. The van der Waals surface area contributed by atoms with Gasteiger partial charge in [0.1, 0.15) is 22.3 Å². The maximum absolute atomic E-state index is 9.67. The highest BCUT2D eigenvalue weighted by atomic mass is 16.3. The van der Waals surface area contributed by atoms with Crippen LogP contribution >= 0.6 is 0 Å². The van der Waals surface area contributed by atoms with Crippen LogP contribution in [0.25, 0.3) is 88.0 Å². The average molecular weight is 708 g/mol. The van der Waals surface area contributed by atoms with Gasteiger partial charge in [0, 0.05) is 38.5 Å². The first-order valence-corrected chi connectivity index (χ1v) is 18.3. The molecule has 0 spiro atoms. The molecule has 0 aliphatic heterocycles. The minimum absolute atomic E-state index is 0.142. The lowest BCUT2D eigenvalue weighted by atomic mass is 9.96. The number of hydrogen-bond donors (Lipinski definition) is 0. The smallest absolute Gasteiger partial charge is 0.136 e. The Morgan fingerprint density at radius 2 is 0.982 bits per heavy atom. The van der Waals surface area contributed by atoms with Crippen LogP contribution in [0.1, 0.15) is 5.48 Å². The topological polar surface area (TPSA) is 29.5 Å². The molecule has 3 heteroatoms. The van der Waals surface area contributed by atoms with E-state index < -0.39 is 0 Å². The summed E-state index contributed by atoms with van der Waals surface area (Å²) in [4.78, 5) is 1.87. The Kier molecular flexibility index (Phi) is 6.27. The van der Waals surface area contributed by atoms with Crippen molar-refractivity contribution < 1.29 is 14.3 Å². The second-order valence-corrected chi connectivity index (χ2v) is 13.8. The molecule has 11 aromatic rings. The third-order valence-corrected chi connectivity index (χ3v) is 10.5. The first-order chi connectivity index (χ1) is 28.9. The SMILES string of the molecule is [2H]c1c([2H])c(N(c2ccc(-c3ccccc3)cc2)c2ccccc2-c2cccc3oc4cc5ccccc5cc4c23)c([2H])c([2H])c1-c1ccc2c(c1)oc1ccccc12. The molecule has 0 aliphatic carbocycles. The van der Waals surface area contributed by atoms with E-state index in [9.17, 15) is 5.48 Å². The van der Waals surface area contributed by atoms with E-state index in [1.165, 1.54) is 0 Å². The Labute approximate surface area is 323 Å². The van der Waals surface area contributed by atoms with Gasteiger partial charge in [-0.15, -0.1) is 0 Å². The molecule has 0 saturated carbocycles. The Hall–Kier alpha value is -7.36. The molecule has 3 nitrogen and oxygen atoms in total. The molecule has 0 fully saturated rings. The lowest BCUT2D eigenvalue weighted by Gasteiger charge is -2.28. The van der Waals surface area contributed by atoms with Crippen LogP contribution in [0.3, 0.4) is 0 Å². The number of anilines is 3. The van der Waals surface area contributed by atoms with Crippen molar-refractivity contribution in [2.45, 2.75) is 0 Å². The zero-order valence-electron chi connectivity index (χ0n) is 33.5. The number of fused-ring (bicyclic) bond motifs is 7. The van der Waals surface area contributed by atoms with Gasteiger partial charge in [-0.05, 0) is 105 Å². The molecule has 258 valence electrons. The minimum Gasteiger partial charge on any atom is -0.456 e. The summed E-state index contributed by atoms with van der Waals surface area (Å²) in [5.41, 5.74) is 9.01. The van der Waals surface area contributed by atoms with Crippen LogP contribution in [0, 0.1) is 0 Å². The van der Waals surface area contributed by atoms with Crippen molar-refractivity contribution in [3.8, 4) is 33.4 Å². The van der Waals surface area contributed by atoms with Crippen LogP contribution in [-0.2, 0) is 0 Å². The van der Waals surface area contributed by atoms with Crippen molar-refractivity contribution in [1.29, 1.82) is 0 Å². The normalized spacial score (nSPS) is 12.7. The van der Waals surface area contributed by atoms with Gasteiger partial charge in [0.05, 0.1) is 11.2 Å². The maximum atomic E-state index is 9.67. The van der Waals surface area contributed by atoms with Crippen molar-refractivity contribution in [1.82, 2.24) is 0 Å². The summed E-state index contributed by atoms with van der Waals surface area (Å²) >= 11 is 0. The molecule has 0 unspecified atom stereocenters. The quantitative estimate of drug-likeness (QED) is 0.172. The van der Waals surface area contributed by atoms with Gasteiger partial charge in [-0.1, -0.05) is 133 Å². The number of para-hydroxylation sites is 2. The molecule has 11 rings (SSSR count). The highest BCUT2D eigenvalue weighted by Gasteiger charge is 2.21. The van der Waals surface area contributed by atoms with Gasteiger partial charge in [0.25, 0.3) is 0 Å². The molecule has 0 bridgehead atoms. The fourth-order valence-electron chi connectivity index (χ4n) is 7.90. The van der Waals surface area contributed by atoms with E-state index in [1.807, 2.05) is 138 Å². The summed E-state index contributed by atoms with van der Waals surface area (Å²) in [5.74, 6) is 0. The molecule has 0 aliphatic rings. The van der Waals surface area contributed by atoms with E-state index in [0.717, 1.165) is 71.3 Å². The number of hydrogen-bond acceptors (Lipinski definition) is 3. The average Bonchev–Trinajstić information content (AvgIpc) is 3.84. The molecule has 0 atom stereocenters. The molecule has 0 radical (unpaired) electrons. The second kappa shape index (κ2) is 12.6. The predicted octanol–water partition coefficient (Wildman–Crippen LogP) is 15.1. The monoisotopic (exact) mass is 707 g/mol. The van der Waals surface area contributed by atoms with E-state index in [4.69, 9.17) is 8.83 Å². The summed E-state index contributed by atoms with van der Waals surface area (Å²) in [6, 6.07) is 57.4. The summed E-state index contributed by atoms with van der Waals surface area (Å²) in [6.45, 7) is 0. The highest BCUT2D eigenvalue weighted by Crippen LogP contribution is 2.46. The van der Waals surface area contributed by atoms with Crippen LogP contribution in [0.2, 0.25) is 0 Å². The Morgan fingerprint density at radius 1 is 0.364 bits per heavy atom. The molecule has 55 heavy (non-hydrogen) atoms. The fourth-order valence-corrected chi connectivity index (χ4v) is 7.90. The van der Waals surface area contributed by atoms with Crippen LogP contribution in [0.15, 0.2) is 209 Å². The summed E-state index contributed by atoms with van der Waals surface area (Å²) in [7, 11) is 0. The number of rotatable bonds is 6. The number of furan rings is 2. The summed E-state index contributed by atoms with van der Waals surface area (Å²) in [6.07, 6.45) is 0. The van der Waals surface area contributed by atoms with Gasteiger partial charge in [-0.2, -0.15) is 0 Å². The van der Waals surface area contributed by atoms with Crippen molar-refractivity contribution >= 4 is 71.7 Å². The fraction of sp³-hybridized carbons (Fsp3) is 0. The molecule has 0 saturated heterocycles. The standard InChI is InChI=1S/C52H33NO2/c1-2-11-34(12-3-1)35-21-26-40(27-22-35)53(41-28-23-36(24-29-41)39-25-30-44-43-16-7-9-19-48(43)54-50(44)33-39)47-18-8-6-15-42(47)45-17-10-20-49-52(45)46-31-37-13-4-5-14-38(37)32-51(46)55-49/h1-33H/i23D,24D,28D,29D. The first-order valence-electron chi connectivity index (χ1n) is 20.3. The third kappa shape index (κ3) is 5.28. The molecule has 9 aromatic carbocycles. The molecule has 0 amide bonds. The minimum atomic E-state index is -0.161. The van der Waals surface area contributed by atoms with E-state index in [2.05, 4.69) is 42.5 Å². The van der Waals surface area contributed by atoms with Gasteiger partial charge in [-0.3, -0.25) is 0 Å². The van der Waals surface area contributed by atoms with Gasteiger partial charge in [-0.25, -0.2) is 0 Å². The zero-order chi connectivity index (χ0) is 39.8. The Bertz CT molecular complexity index is 3410. The van der Waals surface area contributed by atoms with E-state index >= 15 is 0 Å². The van der Waals surface area contributed by atoms with Crippen molar-refractivity contribution in [2.24, 2.45) is 0 Å². The van der Waals surface area contributed by atoms with E-state index in [1.54, 1.807) is 0 Å². The summed E-state index contributed by atoms with van der Waals surface area (Å²) < 4.78 is 51.0. The van der Waals surface area contributed by atoms with E-state index in [-0.39, 0.29) is 35.4 Å². The van der Waals surface area contributed by atoms with Gasteiger partial charge >= 0.3 is 0 Å². The summed E-state index contributed by atoms with van der Waals surface area (Å²) in [5, 5.41) is 6.04. The van der Waals surface area contributed by atoms with Gasteiger partial charge in [0.2, 0.25) is 0 Å². The van der Waals surface area contributed by atoms with Crippen LogP contribution in [-0.4, -0.2) is 0 Å². The molecule has 2 aromatic heterocycles. The van der Waals surface area contributed by atoms with Crippen molar-refractivity contribution in [3.05, 3.63) is 200 Å². The maximum Gasteiger partial charge on any atom is 0.136 e. The van der Waals surface area contributed by atoms with Gasteiger partial charge in [0.15, 0.2) is 0 Å². The van der Waals surface area contributed by atoms with Crippen molar-refractivity contribution in [3.63, 3.8) is 0 Å².